The van der Waals surface area contributed by atoms with Crippen molar-refractivity contribution in [3.05, 3.63) is 0 Å². The summed E-state index contributed by atoms with van der Waals surface area (Å²) in [4.78, 5) is 25.0. The summed E-state index contributed by atoms with van der Waals surface area (Å²) in [6, 6.07) is 0. The van der Waals surface area contributed by atoms with Crippen molar-refractivity contribution in [1.29, 1.82) is 0 Å². The van der Waals surface area contributed by atoms with E-state index in [4.69, 9.17) is 45.0 Å². The van der Waals surface area contributed by atoms with E-state index in [1.54, 1.807) is 0 Å². The number of hydrogen-bond donors (Lipinski definition) is 0. The average molecular weight is 326 g/mol. The van der Waals surface area contributed by atoms with Crippen LogP contribution in [0.1, 0.15) is 0 Å². The zero-order valence-corrected chi connectivity index (χ0v) is 14.7. The predicted molar refractivity (Wildman–Crippen MR) is 27.7 cm³/mol. The van der Waals surface area contributed by atoms with Crippen molar-refractivity contribution in [2.45, 2.75) is 0 Å². The van der Waals surface area contributed by atoms with Gasteiger partial charge in [0.15, 0.2) is 0 Å². The van der Waals surface area contributed by atoms with Crippen molar-refractivity contribution < 1.29 is 64.5 Å². The Balaban J connectivity index is -0.0000000184. The molecule has 0 heterocycles. The summed E-state index contributed by atoms with van der Waals surface area (Å²) < 4.78 is 0. The van der Waals surface area contributed by atoms with Crippen molar-refractivity contribution in [2.24, 2.45) is 0 Å². The monoisotopic (exact) mass is 324 g/mol. The molecular weight excluding hydrogens is 326 g/mol. The second-order valence-electron chi connectivity index (χ2n) is 0.750. The van der Waals surface area contributed by atoms with Gasteiger partial charge in [0.05, 0.1) is 0 Å². The van der Waals surface area contributed by atoms with Gasteiger partial charge in [-0.1, -0.05) is 0 Å². The number of hydrogen-bond acceptors (Lipinski definition) is 9. The van der Waals surface area contributed by atoms with Crippen LogP contribution >= 0.6 is 0 Å². The Morgan fingerprint density at radius 3 is 0.533 bits per heavy atom. The molecule has 0 aliphatic rings. The molecule has 72 valence electrons. The van der Waals surface area contributed by atoms with Gasteiger partial charge in [0.2, 0.25) is 0 Å². The largest absolute Gasteiger partial charge is 2.00 e. The summed E-state index contributed by atoms with van der Waals surface area (Å²) in [5.41, 5.74) is 0. The minimum absolute atomic E-state index is 0. The second-order valence-corrected chi connectivity index (χ2v) is 0.750. The van der Waals surface area contributed by atoms with Gasteiger partial charge >= 0.3 is 95.0 Å². The maximum Gasteiger partial charge on any atom is 2.00 e. The molecule has 9 nitrogen and oxygen atoms in total. The summed E-state index contributed by atoms with van der Waals surface area (Å²) >= 11 is 0. The van der Waals surface area contributed by atoms with Gasteiger partial charge in [0, 0.05) is 0 Å². The molecule has 12 heteroatoms. The molecule has 0 unspecified atom stereocenters. The van der Waals surface area contributed by atoms with Crippen LogP contribution in [0.4, 0.5) is 14.4 Å². The third-order valence-electron chi connectivity index (χ3n) is 0. The van der Waals surface area contributed by atoms with Crippen molar-refractivity contribution in [1.82, 2.24) is 0 Å². The molecule has 0 aromatic carbocycles. The van der Waals surface area contributed by atoms with Gasteiger partial charge in [0.25, 0.3) is 0 Å². The Labute approximate surface area is 156 Å². The molecule has 0 fully saturated rings. The number of carboxylic acid groups (broad SMARTS) is 6. The van der Waals surface area contributed by atoms with E-state index >= 15 is 0 Å². The zero-order chi connectivity index (χ0) is 10.7. The first kappa shape index (κ1) is 36.0. The average Bonchev–Trinajstić information content (AvgIpc) is 1.54. The van der Waals surface area contributed by atoms with Crippen LogP contribution in [0.15, 0.2) is 0 Å². The van der Waals surface area contributed by atoms with Crippen molar-refractivity contribution >= 4 is 93.9 Å². The Morgan fingerprint density at radius 1 is 0.533 bits per heavy atom. The second kappa shape index (κ2) is 29.4. The third-order valence-corrected chi connectivity index (χ3v) is 0. The van der Waals surface area contributed by atoms with Crippen LogP contribution in [0, 0.1) is 0 Å². The topological polar surface area (TPSA) is 190 Å². The minimum atomic E-state index is -2.33. The first-order chi connectivity index (χ1) is 5.20. The Kier molecular flexibility index (Phi) is 70.5. The van der Waals surface area contributed by atoms with Crippen LogP contribution in [-0.2, 0) is 19.5 Å². The van der Waals surface area contributed by atoms with E-state index in [-0.39, 0.29) is 95.0 Å². The van der Waals surface area contributed by atoms with E-state index in [0.717, 1.165) is 0 Å². The number of carbonyl (C=O) groups excluding carboxylic acids is 3. The van der Waals surface area contributed by atoms with Crippen molar-refractivity contribution in [2.75, 3.05) is 0 Å². The molecule has 0 atom stereocenters. The van der Waals surface area contributed by atoms with Crippen molar-refractivity contribution in [3.63, 3.8) is 0 Å². The van der Waals surface area contributed by atoms with Crippen LogP contribution in [0.25, 0.3) is 0 Å². The fourth-order valence-corrected chi connectivity index (χ4v) is 0. The summed E-state index contributed by atoms with van der Waals surface area (Å²) in [6.07, 6.45) is -7.00. The van der Waals surface area contributed by atoms with Gasteiger partial charge < -0.3 is 45.0 Å². The molecule has 0 rings (SSSR count). The molecule has 0 radical (unpaired) electrons. The maximum absolute atomic E-state index is 8.33. The SMILES string of the molecule is O=C([O-])[O-].O=C([O-])[O-].O=C([O-])[O-].[Ca+2].[Ca+2].[Zn+2]. The molecule has 0 saturated heterocycles. The van der Waals surface area contributed by atoms with Crippen LogP contribution in [0.5, 0.6) is 0 Å². The molecule has 0 aromatic heterocycles. The zero-order valence-electron chi connectivity index (χ0n) is 7.30. The van der Waals surface area contributed by atoms with Gasteiger partial charge in [-0.3, -0.25) is 0 Å². The molecule has 0 aromatic rings. The summed E-state index contributed by atoms with van der Waals surface area (Å²) in [5.74, 6) is 0. The molecule has 0 aliphatic heterocycles. The van der Waals surface area contributed by atoms with E-state index in [1.165, 1.54) is 0 Å². The first-order valence-corrected chi connectivity index (χ1v) is 1.84. The predicted octanol–water partition coefficient (Wildman–Crippen LogP) is -8.11. The Bertz CT molecular complexity index is 121. The number of carbonyl (C=O) groups is 3. The van der Waals surface area contributed by atoms with E-state index < -0.39 is 18.5 Å². The molecular formula is C3Ca2O9Zn. The van der Waals surface area contributed by atoms with E-state index in [0.29, 0.717) is 0 Å². The van der Waals surface area contributed by atoms with E-state index in [1.807, 2.05) is 0 Å². The quantitative estimate of drug-likeness (QED) is 0.389. The fraction of sp³-hybridized carbons (Fsp3) is 0. The van der Waals surface area contributed by atoms with Crippen LogP contribution < -0.4 is 30.6 Å². The molecule has 0 bridgehead atoms. The third kappa shape index (κ3) is 2760. The van der Waals surface area contributed by atoms with Gasteiger partial charge in [-0.05, 0) is 18.5 Å². The maximum atomic E-state index is 8.33. The molecule has 0 spiro atoms. The normalized spacial score (nSPS) is 4.80. The molecule has 15 heavy (non-hydrogen) atoms. The smallest absolute Gasteiger partial charge is 0.652 e. The van der Waals surface area contributed by atoms with Gasteiger partial charge in [-0.25, -0.2) is 0 Å². The summed E-state index contributed by atoms with van der Waals surface area (Å²) in [6.45, 7) is 0. The van der Waals surface area contributed by atoms with Crippen molar-refractivity contribution in [3.8, 4) is 0 Å². The van der Waals surface area contributed by atoms with Crippen LogP contribution in [0.3, 0.4) is 0 Å². The fourth-order valence-electron chi connectivity index (χ4n) is 0. The Hall–Kier alpha value is 0.953. The van der Waals surface area contributed by atoms with Crippen LogP contribution in [0.2, 0.25) is 0 Å². The van der Waals surface area contributed by atoms with Gasteiger partial charge in [-0.2, -0.15) is 0 Å². The van der Waals surface area contributed by atoms with Crippen LogP contribution in [-0.4, -0.2) is 93.9 Å². The van der Waals surface area contributed by atoms with E-state index in [2.05, 4.69) is 0 Å². The first-order valence-electron chi connectivity index (χ1n) is 1.84. The molecule has 0 saturated carbocycles. The minimum Gasteiger partial charge on any atom is -0.652 e. The van der Waals surface area contributed by atoms with Gasteiger partial charge in [-0.15, -0.1) is 0 Å². The molecule has 0 N–H and O–H groups in total. The Morgan fingerprint density at radius 2 is 0.533 bits per heavy atom. The van der Waals surface area contributed by atoms with Gasteiger partial charge in [0.1, 0.15) is 0 Å². The molecule has 0 aliphatic carbocycles. The summed E-state index contributed by atoms with van der Waals surface area (Å²) in [7, 11) is 0. The molecule has 0 amide bonds. The summed E-state index contributed by atoms with van der Waals surface area (Å²) in [5, 5.41) is 50.0. The number of rotatable bonds is 0. The van der Waals surface area contributed by atoms with E-state index in [9.17, 15) is 0 Å². The standard InChI is InChI=1S/3CH2O3.2Ca.Zn/c3*2-1(3)4;;;/h3*(H2,2,3,4);;;/q;;;3*+2/p-6.